The summed E-state index contributed by atoms with van der Waals surface area (Å²) in [6.07, 6.45) is 0.231. The minimum Gasteiger partial charge on any atom is -0.323 e. The van der Waals surface area contributed by atoms with Crippen molar-refractivity contribution in [2.45, 2.75) is 45.0 Å². The molecule has 1 aromatic carbocycles. The predicted molar refractivity (Wildman–Crippen MR) is 158 cm³/mol. The summed E-state index contributed by atoms with van der Waals surface area (Å²) in [5.41, 5.74) is -1.81. The van der Waals surface area contributed by atoms with Gasteiger partial charge < -0.3 is 9.88 Å². The molecular formula is C30H23ClF6N8O2. The maximum absolute atomic E-state index is 16.0. The Bertz CT molecular complexity index is 2040. The monoisotopic (exact) mass is 676 g/mol. The summed E-state index contributed by atoms with van der Waals surface area (Å²) in [6.45, 7) is -1.37. The molecule has 0 saturated heterocycles. The Morgan fingerprint density at radius 3 is 2.55 bits per heavy atom. The standard InChI is InChI=1S/C30H23ClF6N8O2/c1-15-3-2-4-24(21-9-16(7-8-38-21)27-22(40-28(15)47)12-39-45(27)29(33)34)43-13-20(32)18(11-26(43)46)19-10-17(31)5-6-23(19)44-14-25(41-42-44)30(35,36)37/h5-15,24,29H,2-4H2,1H3,(H,40,47). The van der Waals surface area contributed by atoms with Crippen molar-refractivity contribution in [1.29, 1.82) is 0 Å². The van der Waals surface area contributed by atoms with Crippen LogP contribution in [0.1, 0.15) is 50.2 Å². The van der Waals surface area contributed by atoms with Gasteiger partial charge in [-0.2, -0.15) is 27.1 Å². The molecule has 0 radical (unpaired) electrons. The largest absolute Gasteiger partial charge is 0.436 e. The molecule has 5 aromatic rings. The molecule has 2 atom stereocenters. The Kier molecular flexibility index (Phi) is 8.38. The van der Waals surface area contributed by atoms with Gasteiger partial charge >= 0.3 is 12.7 Å². The van der Waals surface area contributed by atoms with Crippen LogP contribution in [0, 0.1) is 11.7 Å². The molecule has 2 bridgehead atoms. The molecule has 244 valence electrons. The number of pyridine rings is 2. The molecular weight excluding hydrogens is 654 g/mol. The van der Waals surface area contributed by atoms with Crippen LogP contribution in [0.2, 0.25) is 5.02 Å². The van der Waals surface area contributed by atoms with E-state index in [2.05, 4.69) is 25.7 Å². The highest BCUT2D eigenvalue weighted by molar-refractivity contribution is 6.31. The zero-order chi connectivity index (χ0) is 33.6. The molecule has 1 aliphatic heterocycles. The van der Waals surface area contributed by atoms with E-state index < -0.39 is 47.7 Å². The molecule has 0 saturated carbocycles. The molecule has 0 fully saturated rings. The minimum absolute atomic E-state index is 0.0208. The van der Waals surface area contributed by atoms with Crippen molar-refractivity contribution in [1.82, 2.24) is 34.3 Å². The summed E-state index contributed by atoms with van der Waals surface area (Å²) in [5.74, 6) is -1.88. The summed E-state index contributed by atoms with van der Waals surface area (Å²) < 4.78 is 85.9. The number of nitrogens with one attached hydrogen (secondary N) is 1. The lowest BCUT2D eigenvalue weighted by atomic mass is 9.96. The van der Waals surface area contributed by atoms with Crippen LogP contribution in [-0.4, -0.2) is 40.2 Å². The van der Waals surface area contributed by atoms with Crippen LogP contribution in [-0.2, 0) is 11.0 Å². The van der Waals surface area contributed by atoms with Gasteiger partial charge in [-0.15, -0.1) is 5.10 Å². The van der Waals surface area contributed by atoms with Gasteiger partial charge in [-0.1, -0.05) is 30.2 Å². The fourth-order valence-corrected chi connectivity index (χ4v) is 5.68. The van der Waals surface area contributed by atoms with E-state index in [9.17, 15) is 31.5 Å². The SMILES string of the molecule is CC1CCCC(n2cc(F)c(-c3cc(Cl)ccc3-n3cc(C(F)(F)F)nn3)cc2=O)c2cc(ccn2)-c2c(cnn2C(F)F)NC1=O. The molecule has 47 heavy (non-hydrogen) atoms. The number of anilines is 1. The lowest BCUT2D eigenvalue weighted by Crippen LogP contribution is -2.27. The van der Waals surface area contributed by atoms with Crippen LogP contribution in [0.25, 0.3) is 28.1 Å². The zero-order valence-electron chi connectivity index (χ0n) is 24.2. The lowest BCUT2D eigenvalue weighted by Gasteiger charge is -2.23. The highest BCUT2D eigenvalue weighted by Crippen LogP contribution is 2.36. The minimum atomic E-state index is -4.78. The smallest absolute Gasteiger partial charge is 0.323 e. The van der Waals surface area contributed by atoms with Gasteiger partial charge in [-0.05, 0) is 43.2 Å². The third-order valence-corrected chi connectivity index (χ3v) is 8.08. The summed E-state index contributed by atoms with van der Waals surface area (Å²) in [5, 5.41) is 13.2. The Morgan fingerprint density at radius 2 is 1.83 bits per heavy atom. The second-order valence-electron chi connectivity index (χ2n) is 10.9. The van der Waals surface area contributed by atoms with Gasteiger partial charge in [0.25, 0.3) is 5.56 Å². The molecule has 6 rings (SSSR count). The van der Waals surface area contributed by atoms with Gasteiger partial charge in [-0.3, -0.25) is 14.6 Å². The number of carbonyl (C=O) groups excluding carboxylic acids is 1. The predicted octanol–water partition coefficient (Wildman–Crippen LogP) is 6.91. The second-order valence-corrected chi connectivity index (χ2v) is 11.4. The molecule has 1 aliphatic rings. The van der Waals surface area contributed by atoms with Gasteiger partial charge in [0.15, 0.2) is 5.69 Å². The van der Waals surface area contributed by atoms with E-state index in [0.717, 1.165) is 27.7 Å². The number of fused-ring (bicyclic) bond motifs is 4. The average Bonchev–Trinajstić information content (AvgIpc) is 3.68. The number of benzene rings is 1. The van der Waals surface area contributed by atoms with Crippen LogP contribution in [0.5, 0.6) is 0 Å². The fraction of sp³-hybridized carbons (Fsp3) is 0.267. The van der Waals surface area contributed by atoms with E-state index >= 15 is 4.39 Å². The number of amides is 1. The van der Waals surface area contributed by atoms with Crippen molar-refractivity contribution in [2.75, 3.05) is 5.32 Å². The first-order chi connectivity index (χ1) is 22.3. The highest BCUT2D eigenvalue weighted by atomic mass is 35.5. The number of hydrogen-bond donors (Lipinski definition) is 1. The first kappa shape index (κ1) is 32.0. The van der Waals surface area contributed by atoms with Crippen LogP contribution in [0.15, 0.2) is 66.0 Å². The van der Waals surface area contributed by atoms with Crippen LogP contribution >= 0.6 is 11.6 Å². The summed E-state index contributed by atoms with van der Waals surface area (Å²) in [7, 11) is 0. The third kappa shape index (κ3) is 6.24. The zero-order valence-corrected chi connectivity index (χ0v) is 25.0. The maximum atomic E-state index is 16.0. The molecule has 1 amide bonds. The summed E-state index contributed by atoms with van der Waals surface area (Å²) in [4.78, 5) is 31.0. The van der Waals surface area contributed by atoms with Crippen LogP contribution in [0.3, 0.4) is 0 Å². The summed E-state index contributed by atoms with van der Waals surface area (Å²) >= 11 is 6.16. The van der Waals surface area contributed by atoms with Gasteiger partial charge in [-0.25, -0.2) is 13.8 Å². The van der Waals surface area contributed by atoms with Gasteiger partial charge in [0.05, 0.1) is 41.2 Å². The average molecular weight is 677 g/mol. The molecule has 4 aromatic heterocycles. The number of halogens is 7. The van der Waals surface area contributed by atoms with Crippen LogP contribution < -0.4 is 10.9 Å². The topological polar surface area (TPSA) is 113 Å². The van der Waals surface area contributed by atoms with Crippen molar-refractivity contribution >= 4 is 23.2 Å². The lowest BCUT2D eigenvalue weighted by molar-refractivity contribution is -0.141. The number of hydrogen-bond acceptors (Lipinski definition) is 6. The quantitative estimate of drug-likeness (QED) is 0.207. The summed E-state index contributed by atoms with van der Waals surface area (Å²) in [6, 6.07) is 6.97. The van der Waals surface area contributed by atoms with E-state index in [0.29, 0.717) is 23.7 Å². The molecule has 5 heterocycles. The number of alkyl halides is 5. The van der Waals surface area contributed by atoms with E-state index in [1.165, 1.54) is 36.5 Å². The molecule has 2 unspecified atom stereocenters. The number of carbonyl (C=O) groups is 1. The molecule has 0 spiro atoms. The van der Waals surface area contributed by atoms with Crippen LogP contribution in [0.4, 0.5) is 32.0 Å². The molecule has 17 heteroatoms. The molecule has 0 aliphatic carbocycles. The Morgan fingerprint density at radius 1 is 1.04 bits per heavy atom. The third-order valence-electron chi connectivity index (χ3n) is 7.84. The second kappa shape index (κ2) is 12.3. The van der Waals surface area contributed by atoms with Gasteiger partial charge in [0, 0.05) is 46.1 Å². The Labute approximate surface area is 266 Å². The number of rotatable bonds is 4. The fourth-order valence-electron chi connectivity index (χ4n) is 5.51. The van der Waals surface area contributed by atoms with E-state index in [4.69, 9.17) is 11.6 Å². The Balaban J connectivity index is 1.47. The highest BCUT2D eigenvalue weighted by Gasteiger charge is 2.35. The first-order valence-corrected chi connectivity index (χ1v) is 14.5. The van der Waals surface area contributed by atoms with Crippen molar-refractivity contribution in [2.24, 2.45) is 5.92 Å². The van der Waals surface area contributed by atoms with Crippen molar-refractivity contribution in [3.8, 4) is 28.1 Å². The van der Waals surface area contributed by atoms with E-state index in [1.807, 2.05) is 0 Å². The van der Waals surface area contributed by atoms with Crippen molar-refractivity contribution in [3.05, 3.63) is 93.8 Å². The molecule has 10 nitrogen and oxygen atoms in total. The van der Waals surface area contributed by atoms with Gasteiger partial charge in [0.1, 0.15) is 5.82 Å². The maximum Gasteiger partial charge on any atom is 0.436 e. The van der Waals surface area contributed by atoms with Gasteiger partial charge in [0.2, 0.25) is 5.91 Å². The molecule has 1 N–H and O–H groups in total. The normalized spacial score (nSPS) is 17.2. The van der Waals surface area contributed by atoms with E-state index in [1.54, 1.807) is 6.92 Å². The van der Waals surface area contributed by atoms with E-state index in [-0.39, 0.29) is 50.9 Å². The van der Waals surface area contributed by atoms with Crippen molar-refractivity contribution < 1.29 is 31.1 Å². The Hall–Kier alpha value is -4.99. The first-order valence-electron chi connectivity index (χ1n) is 14.2. The number of nitrogens with zero attached hydrogens (tertiary/aromatic N) is 7. The number of aromatic nitrogens is 7. The van der Waals surface area contributed by atoms with Crippen molar-refractivity contribution in [3.63, 3.8) is 0 Å².